The fraction of sp³-hybridized carbons (Fsp3) is 0.333. The number of carbonyl (C=O) groups excluding carboxylic acids is 1. The summed E-state index contributed by atoms with van der Waals surface area (Å²) in [6.45, 7) is 5.34. The van der Waals surface area contributed by atoms with Gasteiger partial charge in [0.05, 0.1) is 23.6 Å². The van der Waals surface area contributed by atoms with E-state index in [0.29, 0.717) is 12.3 Å². The van der Waals surface area contributed by atoms with Crippen LogP contribution in [-0.2, 0) is 9.53 Å². The fourth-order valence-electron chi connectivity index (χ4n) is 3.41. The highest BCUT2D eigenvalue weighted by atomic mass is 16.6. The number of ether oxygens (including phenoxy) is 1. The highest BCUT2D eigenvalue weighted by molar-refractivity contribution is 5.90. The molecular formula is C21H24N4O6. The van der Waals surface area contributed by atoms with E-state index in [4.69, 9.17) is 9.84 Å². The lowest BCUT2D eigenvalue weighted by molar-refractivity contribution is -0.383. The molecule has 164 valence electrons. The molecule has 0 aliphatic carbocycles. The van der Waals surface area contributed by atoms with Gasteiger partial charge in [-0.15, -0.1) is 0 Å². The molecule has 0 spiro atoms. The summed E-state index contributed by atoms with van der Waals surface area (Å²) in [6.07, 6.45) is 0. The van der Waals surface area contributed by atoms with Crippen LogP contribution in [0.3, 0.4) is 0 Å². The highest BCUT2D eigenvalue weighted by Gasteiger charge is 2.21. The number of nitrogens with one attached hydrogen (secondary N) is 1. The Labute approximate surface area is 179 Å². The summed E-state index contributed by atoms with van der Waals surface area (Å²) in [6, 6.07) is 11.2. The topological polar surface area (TPSA) is 125 Å². The first-order valence-electron chi connectivity index (χ1n) is 9.89. The van der Waals surface area contributed by atoms with Gasteiger partial charge in [-0.25, -0.2) is 4.79 Å². The quantitative estimate of drug-likeness (QED) is 0.371. The lowest BCUT2D eigenvalue weighted by atomic mass is 10.1. The summed E-state index contributed by atoms with van der Waals surface area (Å²) in [7, 11) is 0. The van der Waals surface area contributed by atoms with Crippen LogP contribution < -0.4 is 10.2 Å². The first-order chi connectivity index (χ1) is 14.9. The van der Waals surface area contributed by atoms with E-state index in [1.165, 1.54) is 12.1 Å². The molecule has 1 fully saturated rings. The van der Waals surface area contributed by atoms with Crippen molar-refractivity contribution in [3.05, 3.63) is 58.1 Å². The number of nitrogens with zero attached hydrogens (tertiary/aromatic N) is 3. The standard InChI is InChI=1S/C21H24N4O6/c1-2-31-20(26)14-23-8-10-24(11-9-23)17-5-3-4-16(13-17)22-18-7-6-15(21(27)28)12-19(18)25(29)30/h3-7,12-13,22H,2,8-11,14H2,1H3,(H,27,28). The van der Waals surface area contributed by atoms with E-state index in [-0.39, 0.29) is 29.5 Å². The number of nitro groups is 1. The van der Waals surface area contributed by atoms with E-state index < -0.39 is 10.9 Å². The number of hydrogen-bond acceptors (Lipinski definition) is 8. The number of esters is 1. The SMILES string of the molecule is CCOC(=O)CN1CCN(c2cccc(Nc3ccc(C(=O)O)cc3[N+](=O)[O-])c2)CC1. The second-order valence-electron chi connectivity index (χ2n) is 7.04. The van der Waals surface area contributed by atoms with Crippen molar-refractivity contribution in [2.45, 2.75) is 6.92 Å². The molecule has 0 bridgehead atoms. The second-order valence-corrected chi connectivity index (χ2v) is 7.04. The zero-order valence-electron chi connectivity index (χ0n) is 17.1. The van der Waals surface area contributed by atoms with Crippen LogP contribution in [-0.4, -0.2) is 66.2 Å². The number of rotatable bonds is 8. The molecule has 2 aromatic rings. The second kappa shape index (κ2) is 9.90. The van der Waals surface area contributed by atoms with Crippen LogP contribution >= 0.6 is 0 Å². The minimum atomic E-state index is -1.22. The molecular weight excluding hydrogens is 404 g/mol. The van der Waals surface area contributed by atoms with Crippen molar-refractivity contribution in [2.75, 3.05) is 49.5 Å². The molecule has 1 aliphatic rings. The fourth-order valence-corrected chi connectivity index (χ4v) is 3.41. The predicted octanol–water partition coefficient (Wildman–Crippen LogP) is 2.72. The lowest BCUT2D eigenvalue weighted by Crippen LogP contribution is -2.48. The molecule has 1 aliphatic heterocycles. The number of piperazine rings is 1. The molecule has 10 heteroatoms. The number of anilines is 3. The molecule has 2 aromatic carbocycles. The van der Waals surface area contributed by atoms with E-state index in [1.54, 1.807) is 13.0 Å². The van der Waals surface area contributed by atoms with Crippen molar-refractivity contribution in [3.63, 3.8) is 0 Å². The van der Waals surface area contributed by atoms with Crippen LogP contribution in [0.4, 0.5) is 22.7 Å². The van der Waals surface area contributed by atoms with E-state index in [9.17, 15) is 19.7 Å². The van der Waals surface area contributed by atoms with Crippen LogP contribution in [0.25, 0.3) is 0 Å². The zero-order valence-corrected chi connectivity index (χ0v) is 17.1. The largest absolute Gasteiger partial charge is 0.478 e. The third-order valence-electron chi connectivity index (χ3n) is 4.96. The minimum absolute atomic E-state index is 0.147. The summed E-state index contributed by atoms with van der Waals surface area (Å²) in [5, 5.41) is 23.5. The van der Waals surface area contributed by atoms with E-state index >= 15 is 0 Å². The molecule has 0 atom stereocenters. The molecule has 10 nitrogen and oxygen atoms in total. The monoisotopic (exact) mass is 428 g/mol. The van der Waals surface area contributed by atoms with E-state index in [2.05, 4.69) is 10.2 Å². The normalized spacial score (nSPS) is 14.2. The van der Waals surface area contributed by atoms with Gasteiger partial charge in [-0.2, -0.15) is 0 Å². The van der Waals surface area contributed by atoms with Crippen LogP contribution in [0.5, 0.6) is 0 Å². The van der Waals surface area contributed by atoms with Gasteiger partial charge in [0.25, 0.3) is 5.69 Å². The molecule has 0 aromatic heterocycles. The summed E-state index contributed by atoms with van der Waals surface area (Å²) < 4.78 is 4.99. The van der Waals surface area contributed by atoms with Crippen molar-refractivity contribution >= 4 is 34.7 Å². The van der Waals surface area contributed by atoms with Crippen LogP contribution in [0.2, 0.25) is 0 Å². The third kappa shape index (κ3) is 5.70. The van der Waals surface area contributed by atoms with Crippen molar-refractivity contribution in [1.82, 2.24) is 4.90 Å². The summed E-state index contributed by atoms with van der Waals surface area (Å²) in [5.41, 5.74) is 1.36. The van der Waals surface area contributed by atoms with Gasteiger partial charge in [0.1, 0.15) is 5.69 Å². The maximum Gasteiger partial charge on any atom is 0.335 e. The van der Waals surface area contributed by atoms with Gasteiger partial charge < -0.3 is 20.1 Å². The van der Waals surface area contributed by atoms with Gasteiger partial charge in [0, 0.05) is 43.6 Å². The van der Waals surface area contributed by atoms with Crippen molar-refractivity contribution in [3.8, 4) is 0 Å². The van der Waals surface area contributed by atoms with Gasteiger partial charge >= 0.3 is 11.9 Å². The Morgan fingerprint density at radius 2 is 1.90 bits per heavy atom. The molecule has 1 saturated heterocycles. The third-order valence-corrected chi connectivity index (χ3v) is 4.96. The molecule has 1 heterocycles. The Kier molecular flexibility index (Phi) is 7.03. The van der Waals surface area contributed by atoms with Crippen LogP contribution in [0.15, 0.2) is 42.5 Å². The number of aromatic carboxylic acids is 1. The number of carbonyl (C=O) groups is 2. The summed E-state index contributed by atoms with van der Waals surface area (Å²) in [4.78, 5) is 37.7. The smallest absolute Gasteiger partial charge is 0.335 e. The van der Waals surface area contributed by atoms with Crippen molar-refractivity contribution in [1.29, 1.82) is 0 Å². The summed E-state index contributed by atoms with van der Waals surface area (Å²) in [5.74, 6) is -1.45. The van der Waals surface area contributed by atoms with Gasteiger partial charge in [0.15, 0.2) is 0 Å². The highest BCUT2D eigenvalue weighted by Crippen LogP contribution is 2.30. The maximum atomic E-state index is 11.6. The Morgan fingerprint density at radius 3 is 2.55 bits per heavy atom. The molecule has 3 rings (SSSR count). The van der Waals surface area contributed by atoms with E-state index in [1.807, 2.05) is 23.1 Å². The molecule has 0 saturated carbocycles. The Bertz CT molecular complexity index is 972. The molecule has 0 radical (unpaired) electrons. The predicted molar refractivity (Wildman–Crippen MR) is 115 cm³/mol. The number of carboxylic acid groups (broad SMARTS) is 1. The number of hydrogen-bond donors (Lipinski definition) is 2. The first kappa shape index (κ1) is 22.0. The van der Waals surface area contributed by atoms with Crippen LogP contribution in [0, 0.1) is 10.1 Å². The Balaban J connectivity index is 1.68. The molecule has 31 heavy (non-hydrogen) atoms. The van der Waals surface area contributed by atoms with Crippen LogP contribution in [0.1, 0.15) is 17.3 Å². The average Bonchev–Trinajstić information content (AvgIpc) is 2.74. The van der Waals surface area contributed by atoms with Crippen molar-refractivity contribution in [2.24, 2.45) is 0 Å². The summed E-state index contributed by atoms with van der Waals surface area (Å²) >= 11 is 0. The first-order valence-corrected chi connectivity index (χ1v) is 9.89. The Hall–Kier alpha value is -3.66. The average molecular weight is 428 g/mol. The van der Waals surface area contributed by atoms with Gasteiger partial charge in [-0.3, -0.25) is 19.8 Å². The molecule has 0 amide bonds. The van der Waals surface area contributed by atoms with Gasteiger partial charge in [-0.1, -0.05) is 6.07 Å². The van der Waals surface area contributed by atoms with Crippen molar-refractivity contribution < 1.29 is 24.4 Å². The zero-order chi connectivity index (χ0) is 22.4. The number of benzene rings is 2. The lowest BCUT2D eigenvalue weighted by Gasteiger charge is -2.35. The Morgan fingerprint density at radius 1 is 1.16 bits per heavy atom. The van der Waals surface area contributed by atoms with Gasteiger partial charge in [-0.05, 0) is 37.3 Å². The minimum Gasteiger partial charge on any atom is -0.478 e. The number of nitro benzene ring substituents is 1. The molecule has 2 N–H and O–H groups in total. The molecule has 0 unspecified atom stereocenters. The van der Waals surface area contributed by atoms with Gasteiger partial charge in [0.2, 0.25) is 0 Å². The van der Waals surface area contributed by atoms with E-state index in [0.717, 1.165) is 37.9 Å². The maximum absolute atomic E-state index is 11.6. The number of carboxylic acids is 1.